The number of hydrogen-bond donors (Lipinski definition) is 1. The molecule has 2 aromatic rings. The Balaban J connectivity index is 2.44. The van der Waals surface area contributed by atoms with Crippen LogP contribution in [0.3, 0.4) is 0 Å². The fraction of sp³-hybridized carbons (Fsp3) is 0.250. The number of pyridine rings is 1. The number of nitrogens with zero attached hydrogens (tertiary/aromatic N) is 3. The van der Waals surface area contributed by atoms with Crippen LogP contribution in [-0.2, 0) is 6.54 Å². The first-order chi connectivity index (χ1) is 6.96. The van der Waals surface area contributed by atoms with Crippen molar-refractivity contribution in [2.45, 2.75) is 12.7 Å². The summed E-state index contributed by atoms with van der Waals surface area (Å²) in [4.78, 5) is 3.86. The monoisotopic (exact) mass is 216 g/mol. The number of fused-ring (bicyclic) bond motifs is 1. The molecule has 2 rings (SSSR count). The molecule has 4 nitrogen and oxygen atoms in total. The van der Waals surface area contributed by atoms with E-state index >= 15 is 0 Å². The number of anilines is 1. The molecular formula is C8H7F3N4. The molecule has 0 aliphatic rings. The van der Waals surface area contributed by atoms with Gasteiger partial charge < -0.3 is 5.73 Å². The normalized spacial score (nSPS) is 12.2. The zero-order valence-corrected chi connectivity index (χ0v) is 7.49. The van der Waals surface area contributed by atoms with Gasteiger partial charge in [0.05, 0.1) is 11.9 Å². The SMILES string of the molecule is Nc1ccnc2cn(CC(F)(F)F)nc12. The van der Waals surface area contributed by atoms with Crippen LogP contribution in [0.2, 0.25) is 0 Å². The number of nitrogen functional groups attached to an aromatic ring is 1. The van der Waals surface area contributed by atoms with E-state index in [1.54, 1.807) is 0 Å². The second-order valence-corrected chi connectivity index (χ2v) is 3.08. The van der Waals surface area contributed by atoms with Gasteiger partial charge in [0.15, 0.2) is 0 Å². The van der Waals surface area contributed by atoms with Gasteiger partial charge in [-0.2, -0.15) is 18.3 Å². The molecular weight excluding hydrogens is 209 g/mol. The number of rotatable bonds is 1. The van der Waals surface area contributed by atoms with Gasteiger partial charge in [-0.25, -0.2) is 0 Å². The van der Waals surface area contributed by atoms with Crippen LogP contribution in [0, 0.1) is 0 Å². The molecule has 0 aromatic carbocycles. The molecule has 2 N–H and O–H groups in total. The van der Waals surface area contributed by atoms with Gasteiger partial charge in [0.25, 0.3) is 0 Å². The summed E-state index contributed by atoms with van der Waals surface area (Å²) < 4.78 is 37.0. The molecule has 0 atom stereocenters. The molecule has 0 unspecified atom stereocenters. The van der Waals surface area contributed by atoms with Crippen LogP contribution in [0.5, 0.6) is 0 Å². The first kappa shape index (κ1) is 9.75. The second kappa shape index (κ2) is 3.11. The molecule has 2 aromatic heterocycles. The summed E-state index contributed by atoms with van der Waals surface area (Å²) in [6.45, 7) is -1.14. The van der Waals surface area contributed by atoms with Gasteiger partial charge in [0.2, 0.25) is 0 Å². The van der Waals surface area contributed by atoms with Crippen molar-refractivity contribution < 1.29 is 13.2 Å². The molecule has 2 heterocycles. The smallest absolute Gasteiger partial charge is 0.397 e. The van der Waals surface area contributed by atoms with Gasteiger partial charge in [-0.15, -0.1) is 0 Å². The van der Waals surface area contributed by atoms with Gasteiger partial charge >= 0.3 is 6.18 Å². The summed E-state index contributed by atoms with van der Waals surface area (Å²) in [5.41, 5.74) is 6.51. The summed E-state index contributed by atoms with van der Waals surface area (Å²) in [6, 6.07) is 1.49. The Morgan fingerprint density at radius 2 is 2.13 bits per heavy atom. The third-order valence-corrected chi connectivity index (χ3v) is 1.82. The molecule has 0 bridgehead atoms. The summed E-state index contributed by atoms with van der Waals surface area (Å²) in [5, 5.41) is 3.71. The summed E-state index contributed by atoms with van der Waals surface area (Å²) in [6.07, 6.45) is -1.65. The molecule has 0 spiro atoms. The molecule has 0 fully saturated rings. The lowest BCUT2D eigenvalue weighted by molar-refractivity contribution is -0.142. The Morgan fingerprint density at radius 3 is 2.73 bits per heavy atom. The van der Waals surface area contributed by atoms with Crippen LogP contribution in [0.15, 0.2) is 18.5 Å². The Hall–Kier alpha value is -1.79. The molecule has 0 radical (unpaired) electrons. The molecule has 0 aliphatic carbocycles. The molecule has 80 valence electrons. The third-order valence-electron chi connectivity index (χ3n) is 1.82. The lowest BCUT2D eigenvalue weighted by Crippen LogP contribution is -2.17. The van der Waals surface area contributed by atoms with Gasteiger partial charge in [0.1, 0.15) is 17.6 Å². The van der Waals surface area contributed by atoms with E-state index in [2.05, 4.69) is 10.1 Å². The Morgan fingerprint density at radius 1 is 1.40 bits per heavy atom. The Kier molecular flexibility index (Phi) is 2.02. The first-order valence-electron chi connectivity index (χ1n) is 4.10. The van der Waals surface area contributed by atoms with Crippen LogP contribution < -0.4 is 5.73 Å². The molecule has 15 heavy (non-hydrogen) atoms. The van der Waals surface area contributed by atoms with Crippen LogP contribution in [0.1, 0.15) is 0 Å². The van der Waals surface area contributed by atoms with Crippen molar-refractivity contribution in [3.8, 4) is 0 Å². The minimum absolute atomic E-state index is 0.293. The van der Waals surface area contributed by atoms with E-state index in [-0.39, 0.29) is 0 Å². The number of halogens is 3. The molecule has 0 saturated carbocycles. The van der Waals surface area contributed by atoms with Crippen molar-refractivity contribution in [2.24, 2.45) is 0 Å². The standard InChI is InChI=1S/C8H7F3N4/c9-8(10,11)4-15-3-6-7(14-15)5(12)1-2-13-6/h1-3H,4,12H2. The summed E-state index contributed by atoms with van der Waals surface area (Å²) in [5.74, 6) is 0. The lowest BCUT2D eigenvalue weighted by Gasteiger charge is -2.04. The summed E-state index contributed by atoms with van der Waals surface area (Å²) >= 11 is 0. The zero-order chi connectivity index (χ0) is 11.1. The maximum Gasteiger partial charge on any atom is 0.408 e. The quantitative estimate of drug-likeness (QED) is 0.787. The number of nitrogens with two attached hydrogens (primary N) is 1. The van der Waals surface area contributed by atoms with Crippen molar-refractivity contribution in [1.82, 2.24) is 14.8 Å². The van der Waals surface area contributed by atoms with Crippen molar-refractivity contribution in [3.63, 3.8) is 0 Å². The van der Waals surface area contributed by atoms with Gasteiger partial charge in [-0.3, -0.25) is 9.67 Å². The molecule has 0 amide bonds. The van der Waals surface area contributed by atoms with Gasteiger partial charge in [0, 0.05) is 6.20 Å². The first-order valence-corrected chi connectivity index (χ1v) is 4.10. The Bertz CT molecular complexity index is 488. The Labute approximate surface area is 82.5 Å². The number of aromatic nitrogens is 3. The van der Waals surface area contributed by atoms with Crippen molar-refractivity contribution in [2.75, 3.05) is 5.73 Å². The highest BCUT2D eigenvalue weighted by atomic mass is 19.4. The van der Waals surface area contributed by atoms with Crippen LogP contribution >= 0.6 is 0 Å². The number of alkyl halides is 3. The van der Waals surface area contributed by atoms with E-state index in [1.807, 2.05) is 0 Å². The van der Waals surface area contributed by atoms with E-state index in [4.69, 9.17) is 5.73 Å². The predicted molar refractivity (Wildman–Crippen MR) is 48.0 cm³/mol. The molecule has 0 aliphatic heterocycles. The highest BCUT2D eigenvalue weighted by Crippen LogP contribution is 2.20. The molecule has 0 saturated heterocycles. The van der Waals surface area contributed by atoms with E-state index in [0.29, 0.717) is 16.7 Å². The molecule has 7 heteroatoms. The average Bonchev–Trinajstić information content (AvgIpc) is 2.45. The average molecular weight is 216 g/mol. The van der Waals surface area contributed by atoms with Crippen molar-refractivity contribution in [3.05, 3.63) is 18.5 Å². The van der Waals surface area contributed by atoms with E-state index in [0.717, 1.165) is 4.68 Å². The maximum atomic E-state index is 12.1. The van der Waals surface area contributed by atoms with E-state index in [9.17, 15) is 13.2 Å². The van der Waals surface area contributed by atoms with Crippen molar-refractivity contribution >= 4 is 16.7 Å². The number of hydrogen-bond acceptors (Lipinski definition) is 3. The predicted octanol–water partition coefficient (Wildman–Crippen LogP) is 1.58. The van der Waals surface area contributed by atoms with Crippen LogP contribution in [-0.4, -0.2) is 20.9 Å². The summed E-state index contributed by atoms with van der Waals surface area (Å²) in [7, 11) is 0. The fourth-order valence-corrected chi connectivity index (χ4v) is 1.25. The van der Waals surface area contributed by atoms with Gasteiger partial charge in [-0.1, -0.05) is 0 Å². The largest absolute Gasteiger partial charge is 0.408 e. The third kappa shape index (κ3) is 2.00. The van der Waals surface area contributed by atoms with E-state index < -0.39 is 12.7 Å². The van der Waals surface area contributed by atoms with E-state index in [1.165, 1.54) is 18.5 Å². The highest BCUT2D eigenvalue weighted by Gasteiger charge is 2.28. The van der Waals surface area contributed by atoms with Crippen molar-refractivity contribution in [1.29, 1.82) is 0 Å². The fourth-order valence-electron chi connectivity index (χ4n) is 1.25. The minimum atomic E-state index is -4.29. The van der Waals surface area contributed by atoms with Gasteiger partial charge in [-0.05, 0) is 6.07 Å². The second-order valence-electron chi connectivity index (χ2n) is 3.08. The maximum absolute atomic E-state index is 12.1. The van der Waals surface area contributed by atoms with Crippen LogP contribution in [0.25, 0.3) is 11.0 Å². The minimum Gasteiger partial charge on any atom is -0.397 e. The lowest BCUT2D eigenvalue weighted by atomic mass is 10.3. The van der Waals surface area contributed by atoms with Crippen LogP contribution in [0.4, 0.5) is 18.9 Å². The highest BCUT2D eigenvalue weighted by molar-refractivity contribution is 5.85. The zero-order valence-electron chi connectivity index (χ0n) is 7.49. The topological polar surface area (TPSA) is 56.7 Å².